The lowest BCUT2D eigenvalue weighted by molar-refractivity contribution is -0.142. The van der Waals surface area contributed by atoms with Gasteiger partial charge < -0.3 is 14.6 Å². The van der Waals surface area contributed by atoms with E-state index in [0.717, 1.165) is 22.4 Å². The number of carbonyl (C=O) groups excluding carboxylic acids is 1. The van der Waals surface area contributed by atoms with E-state index >= 15 is 0 Å². The molecule has 1 aliphatic heterocycles. The van der Waals surface area contributed by atoms with Crippen LogP contribution >= 0.6 is 0 Å². The summed E-state index contributed by atoms with van der Waals surface area (Å²) >= 11 is 0. The molecule has 3 rings (SSSR count). The minimum absolute atomic E-state index is 0.0961. The number of aliphatic carboxylic acids is 1. The summed E-state index contributed by atoms with van der Waals surface area (Å²) in [4.78, 5) is 23.7. The van der Waals surface area contributed by atoms with Crippen molar-refractivity contribution in [1.82, 2.24) is 10.4 Å². The van der Waals surface area contributed by atoms with Gasteiger partial charge in [0.05, 0.1) is 32.4 Å². The molecule has 0 aromatic heterocycles. The van der Waals surface area contributed by atoms with E-state index < -0.39 is 12.0 Å². The number of hydrazine groups is 1. The highest BCUT2D eigenvalue weighted by atomic mass is 16.5. The molecule has 29 heavy (non-hydrogen) atoms. The third kappa shape index (κ3) is 4.51. The van der Waals surface area contributed by atoms with E-state index in [2.05, 4.69) is 5.43 Å². The van der Waals surface area contributed by atoms with Crippen molar-refractivity contribution in [3.63, 3.8) is 0 Å². The van der Waals surface area contributed by atoms with Crippen LogP contribution in [-0.2, 0) is 9.59 Å². The Kier molecular flexibility index (Phi) is 6.07. The van der Waals surface area contributed by atoms with Crippen molar-refractivity contribution in [3.05, 3.63) is 65.2 Å². The van der Waals surface area contributed by atoms with Crippen LogP contribution in [0.25, 0.3) is 5.70 Å². The third-order valence-corrected chi connectivity index (χ3v) is 4.78. The van der Waals surface area contributed by atoms with Crippen LogP contribution in [0.2, 0.25) is 0 Å². The van der Waals surface area contributed by atoms with E-state index in [4.69, 9.17) is 14.6 Å². The van der Waals surface area contributed by atoms with Gasteiger partial charge in [0.15, 0.2) is 11.5 Å². The van der Waals surface area contributed by atoms with Crippen molar-refractivity contribution in [2.24, 2.45) is 0 Å². The summed E-state index contributed by atoms with van der Waals surface area (Å²) < 4.78 is 10.7. The van der Waals surface area contributed by atoms with Crippen molar-refractivity contribution in [2.45, 2.75) is 25.8 Å². The van der Waals surface area contributed by atoms with E-state index in [0.29, 0.717) is 11.5 Å². The molecule has 0 saturated heterocycles. The van der Waals surface area contributed by atoms with Gasteiger partial charge in [-0.1, -0.05) is 35.9 Å². The summed E-state index contributed by atoms with van der Waals surface area (Å²) in [5.74, 6) is -0.161. The maximum Gasteiger partial charge on any atom is 0.303 e. The molecule has 0 saturated carbocycles. The van der Waals surface area contributed by atoms with E-state index in [-0.39, 0.29) is 18.7 Å². The highest BCUT2D eigenvalue weighted by Gasteiger charge is 2.31. The molecule has 1 heterocycles. The number of benzene rings is 2. The first kappa shape index (κ1) is 20.3. The number of methoxy groups -OCH3 is 2. The van der Waals surface area contributed by atoms with Crippen molar-refractivity contribution >= 4 is 17.6 Å². The number of nitrogens with zero attached hydrogens (tertiary/aromatic N) is 1. The lowest BCUT2D eigenvalue weighted by atomic mass is 10.0. The molecule has 1 aliphatic rings. The number of aryl methyl sites for hydroxylation is 1. The molecule has 2 aromatic carbocycles. The van der Waals surface area contributed by atoms with Gasteiger partial charge in [-0.15, -0.1) is 0 Å². The highest BCUT2D eigenvalue weighted by molar-refractivity contribution is 5.83. The van der Waals surface area contributed by atoms with Crippen LogP contribution in [0.3, 0.4) is 0 Å². The Balaban J connectivity index is 1.96. The standard InChI is InChI=1S/C22H24N2O5/c1-14-4-6-15(7-5-14)17-13-18(24(23-17)21(25)10-11-22(26)27)16-8-9-19(28-2)20(12-16)29-3/h4-9,12-13,18,23H,10-11H2,1-3H3,(H,26,27). The monoisotopic (exact) mass is 396 g/mol. The SMILES string of the molecule is COc1ccc(C2C=C(c3ccc(C)cc3)NN2C(=O)CCC(=O)O)cc1OC. The van der Waals surface area contributed by atoms with Gasteiger partial charge in [-0.05, 0) is 36.3 Å². The highest BCUT2D eigenvalue weighted by Crippen LogP contribution is 2.36. The summed E-state index contributed by atoms with van der Waals surface area (Å²) in [6, 6.07) is 13.0. The van der Waals surface area contributed by atoms with Gasteiger partial charge in [0.25, 0.3) is 0 Å². The fourth-order valence-corrected chi connectivity index (χ4v) is 3.20. The lowest BCUT2D eigenvalue weighted by Gasteiger charge is -2.26. The fourth-order valence-electron chi connectivity index (χ4n) is 3.20. The van der Waals surface area contributed by atoms with Crippen LogP contribution in [0.5, 0.6) is 11.5 Å². The van der Waals surface area contributed by atoms with Crippen LogP contribution in [0.1, 0.15) is 35.6 Å². The summed E-state index contributed by atoms with van der Waals surface area (Å²) in [6.07, 6.45) is 1.63. The molecule has 0 bridgehead atoms. The smallest absolute Gasteiger partial charge is 0.303 e. The first-order valence-electron chi connectivity index (χ1n) is 9.24. The predicted molar refractivity (Wildman–Crippen MR) is 108 cm³/mol. The normalized spacial score (nSPS) is 15.5. The molecule has 7 heteroatoms. The van der Waals surface area contributed by atoms with E-state index in [9.17, 15) is 9.59 Å². The van der Waals surface area contributed by atoms with Crippen molar-refractivity contribution in [2.75, 3.05) is 14.2 Å². The number of amides is 1. The number of rotatable bonds is 7. The van der Waals surface area contributed by atoms with Gasteiger partial charge in [-0.3, -0.25) is 15.0 Å². The van der Waals surface area contributed by atoms with Crippen LogP contribution in [-0.4, -0.2) is 36.2 Å². The second-order valence-corrected chi connectivity index (χ2v) is 6.77. The minimum Gasteiger partial charge on any atom is -0.493 e. The quantitative estimate of drug-likeness (QED) is 0.747. The Morgan fingerprint density at radius 2 is 1.72 bits per heavy atom. The van der Waals surface area contributed by atoms with Gasteiger partial charge in [0, 0.05) is 6.42 Å². The Hall–Kier alpha value is -3.48. The predicted octanol–water partition coefficient (Wildman–Crippen LogP) is 3.31. The molecule has 7 nitrogen and oxygen atoms in total. The van der Waals surface area contributed by atoms with Gasteiger partial charge in [0.1, 0.15) is 0 Å². The molecule has 1 atom stereocenters. The Bertz CT molecular complexity index is 937. The van der Waals surface area contributed by atoms with E-state index in [1.807, 2.05) is 49.4 Å². The maximum atomic E-state index is 12.8. The lowest BCUT2D eigenvalue weighted by Crippen LogP contribution is -2.39. The first-order chi connectivity index (χ1) is 13.9. The second kappa shape index (κ2) is 8.68. The zero-order valence-electron chi connectivity index (χ0n) is 16.6. The maximum absolute atomic E-state index is 12.8. The zero-order valence-corrected chi connectivity index (χ0v) is 16.6. The molecule has 1 amide bonds. The molecule has 152 valence electrons. The molecule has 0 spiro atoms. The topological polar surface area (TPSA) is 88.1 Å². The molecule has 1 unspecified atom stereocenters. The van der Waals surface area contributed by atoms with Crippen molar-refractivity contribution in [1.29, 1.82) is 0 Å². The Labute approximate surface area is 169 Å². The summed E-state index contributed by atoms with van der Waals surface area (Å²) in [6.45, 7) is 2.01. The number of hydrogen-bond acceptors (Lipinski definition) is 5. The van der Waals surface area contributed by atoms with Crippen LogP contribution in [0.15, 0.2) is 48.5 Å². The summed E-state index contributed by atoms with van der Waals surface area (Å²) in [5.41, 5.74) is 6.83. The fraction of sp³-hybridized carbons (Fsp3) is 0.273. The van der Waals surface area contributed by atoms with Crippen molar-refractivity contribution in [3.8, 4) is 11.5 Å². The third-order valence-electron chi connectivity index (χ3n) is 4.78. The first-order valence-corrected chi connectivity index (χ1v) is 9.24. The van der Waals surface area contributed by atoms with E-state index in [1.54, 1.807) is 20.3 Å². The Morgan fingerprint density at radius 3 is 2.34 bits per heavy atom. The summed E-state index contributed by atoms with van der Waals surface area (Å²) in [5, 5.41) is 10.4. The average molecular weight is 396 g/mol. The van der Waals surface area contributed by atoms with E-state index in [1.165, 1.54) is 5.01 Å². The van der Waals surface area contributed by atoms with Gasteiger partial charge >= 0.3 is 5.97 Å². The number of carboxylic acid groups (broad SMARTS) is 1. The number of ether oxygens (including phenoxy) is 2. The molecule has 0 radical (unpaired) electrons. The number of carbonyl (C=O) groups is 2. The number of nitrogens with one attached hydrogen (secondary N) is 1. The molecular weight excluding hydrogens is 372 g/mol. The van der Waals surface area contributed by atoms with Crippen LogP contribution in [0.4, 0.5) is 0 Å². The van der Waals surface area contributed by atoms with Crippen LogP contribution in [0, 0.1) is 6.92 Å². The summed E-state index contributed by atoms with van der Waals surface area (Å²) in [7, 11) is 3.11. The van der Waals surface area contributed by atoms with Gasteiger partial charge in [-0.25, -0.2) is 5.01 Å². The molecule has 0 aliphatic carbocycles. The number of hydrogen-bond donors (Lipinski definition) is 2. The largest absolute Gasteiger partial charge is 0.493 e. The average Bonchev–Trinajstić information content (AvgIpc) is 3.17. The molecule has 0 fully saturated rings. The second-order valence-electron chi connectivity index (χ2n) is 6.77. The number of carboxylic acids is 1. The molecule has 2 N–H and O–H groups in total. The molecular formula is C22H24N2O5. The Morgan fingerprint density at radius 1 is 1.03 bits per heavy atom. The minimum atomic E-state index is -1.01. The molecule has 2 aromatic rings. The zero-order chi connectivity index (χ0) is 21.0. The van der Waals surface area contributed by atoms with Gasteiger partial charge in [0.2, 0.25) is 5.91 Å². The van der Waals surface area contributed by atoms with Crippen molar-refractivity contribution < 1.29 is 24.2 Å². The van der Waals surface area contributed by atoms with Crippen LogP contribution < -0.4 is 14.9 Å². The van der Waals surface area contributed by atoms with Gasteiger partial charge in [-0.2, -0.15) is 0 Å².